The first-order chi connectivity index (χ1) is 10.4. The lowest BCUT2D eigenvalue weighted by atomic mass is 9.90. The van der Waals surface area contributed by atoms with Crippen molar-refractivity contribution >= 4 is 0 Å². The lowest BCUT2D eigenvalue weighted by Gasteiger charge is -2.37. The Balaban J connectivity index is 1.92. The molecule has 2 aromatic carbocycles. The van der Waals surface area contributed by atoms with Gasteiger partial charge in [0.05, 0.1) is 6.04 Å². The zero-order chi connectivity index (χ0) is 14.5. The number of hydrogen-bond acceptors (Lipinski definition) is 1. The Bertz CT molecular complexity index is 489. The molecule has 110 valence electrons. The Kier molecular flexibility index (Phi) is 4.72. The summed E-state index contributed by atoms with van der Waals surface area (Å²) >= 11 is 0. The van der Waals surface area contributed by atoms with Gasteiger partial charge >= 0.3 is 0 Å². The average molecular weight is 279 g/mol. The molecule has 1 aliphatic rings. The first-order valence-electron chi connectivity index (χ1n) is 8.18. The van der Waals surface area contributed by atoms with E-state index < -0.39 is 0 Å². The molecule has 0 amide bonds. The molecule has 1 fully saturated rings. The van der Waals surface area contributed by atoms with Gasteiger partial charge in [0, 0.05) is 6.04 Å². The number of rotatable bonds is 4. The van der Waals surface area contributed by atoms with Crippen LogP contribution in [0.2, 0.25) is 0 Å². The molecule has 0 aliphatic heterocycles. The summed E-state index contributed by atoms with van der Waals surface area (Å²) < 4.78 is 0. The standard InChI is InChI=1S/C20H25N/c1-21(19-15-9-4-10-16-19)20(17-11-5-2-6-12-17)18-13-7-3-8-14-18/h2-3,5-8,11-14,19-20H,4,9-10,15-16H2,1H3. The van der Waals surface area contributed by atoms with Crippen LogP contribution in [0.5, 0.6) is 0 Å². The van der Waals surface area contributed by atoms with Gasteiger partial charge in [0.25, 0.3) is 0 Å². The Morgan fingerprint density at radius 3 is 1.71 bits per heavy atom. The largest absolute Gasteiger partial charge is 0.292 e. The predicted octanol–water partition coefficient (Wildman–Crippen LogP) is 5.04. The minimum absolute atomic E-state index is 0.371. The second kappa shape index (κ2) is 6.91. The SMILES string of the molecule is CN(C1CCCCC1)C(c1ccccc1)c1ccccc1. The van der Waals surface area contributed by atoms with Gasteiger partial charge in [0.2, 0.25) is 0 Å². The quantitative estimate of drug-likeness (QED) is 0.758. The summed E-state index contributed by atoms with van der Waals surface area (Å²) in [6.45, 7) is 0. The number of hydrogen-bond donors (Lipinski definition) is 0. The van der Waals surface area contributed by atoms with E-state index in [1.54, 1.807) is 0 Å². The third-order valence-electron chi connectivity index (χ3n) is 4.79. The molecular weight excluding hydrogens is 254 g/mol. The summed E-state index contributed by atoms with van der Waals surface area (Å²) in [5, 5.41) is 0. The van der Waals surface area contributed by atoms with Gasteiger partial charge < -0.3 is 0 Å². The molecule has 0 atom stereocenters. The van der Waals surface area contributed by atoms with Gasteiger partial charge in [-0.1, -0.05) is 79.9 Å². The molecule has 0 saturated heterocycles. The van der Waals surface area contributed by atoms with Crippen molar-refractivity contribution in [2.45, 2.75) is 44.2 Å². The fraction of sp³-hybridized carbons (Fsp3) is 0.400. The van der Waals surface area contributed by atoms with Crippen LogP contribution in [-0.2, 0) is 0 Å². The third-order valence-corrected chi connectivity index (χ3v) is 4.79. The van der Waals surface area contributed by atoms with Crippen molar-refractivity contribution in [2.75, 3.05) is 7.05 Å². The molecule has 0 N–H and O–H groups in total. The molecule has 0 aromatic heterocycles. The van der Waals surface area contributed by atoms with Crippen molar-refractivity contribution in [1.82, 2.24) is 4.90 Å². The van der Waals surface area contributed by atoms with Crippen LogP contribution in [0.1, 0.15) is 49.3 Å². The van der Waals surface area contributed by atoms with E-state index in [9.17, 15) is 0 Å². The Morgan fingerprint density at radius 1 is 0.762 bits per heavy atom. The van der Waals surface area contributed by atoms with Crippen LogP contribution in [0.4, 0.5) is 0 Å². The van der Waals surface area contributed by atoms with Crippen molar-refractivity contribution in [3.8, 4) is 0 Å². The molecule has 1 heteroatoms. The van der Waals surface area contributed by atoms with Crippen molar-refractivity contribution in [3.63, 3.8) is 0 Å². The molecule has 0 bridgehead atoms. The molecule has 0 radical (unpaired) electrons. The maximum atomic E-state index is 2.60. The molecule has 0 unspecified atom stereocenters. The van der Waals surface area contributed by atoms with E-state index >= 15 is 0 Å². The minimum Gasteiger partial charge on any atom is -0.292 e. The smallest absolute Gasteiger partial charge is 0.0601 e. The highest BCUT2D eigenvalue weighted by Gasteiger charge is 2.26. The highest BCUT2D eigenvalue weighted by atomic mass is 15.2. The van der Waals surface area contributed by atoms with Gasteiger partial charge in [-0.25, -0.2) is 0 Å². The topological polar surface area (TPSA) is 3.24 Å². The maximum Gasteiger partial charge on any atom is 0.0601 e. The molecule has 2 aromatic rings. The molecule has 1 aliphatic carbocycles. The molecule has 3 rings (SSSR count). The summed E-state index contributed by atoms with van der Waals surface area (Å²) in [7, 11) is 2.31. The predicted molar refractivity (Wildman–Crippen MR) is 89.4 cm³/mol. The normalized spacial score (nSPS) is 16.5. The average Bonchev–Trinajstić information content (AvgIpc) is 2.58. The van der Waals surface area contributed by atoms with E-state index in [1.807, 2.05) is 0 Å². The third kappa shape index (κ3) is 3.36. The van der Waals surface area contributed by atoms with Crippen LogP contribution in [0.25, 0.3) is 0 Å². The van der Waals surface area contributed by atoms with Crippen molar-refractivity contribution in [2.24, 2.45) is 0 Å². The van der Waals surface area contributed by atoms with E-state index in [0.717, 1.165) is 0 Å². The summed E-state index contributed by atoms with van der Waals surface area (Å²) in [5.74, 6) is 0. The summed E-state index contributed by atoms with van der Waals surface area (Å²) in [5.41, 5.74) is 2.80. The fourth-order valence-electron chi connectivity index (χ4n) is 3.63. The molecule has 21 heavy (non-hydrogen) atoms. The summed E-state index contributed by atoms with van der Waals surface area (Å²) in [6.07, 6.45) is 6.85. The number of nitrogens with zero attached hydrogens (tertiary/aromatic N) is 1. The van der Waals surface area contributed by atoms with Crippen LogP contribution in [-0.4, -0.2) is 18.0 Å². The van der Waals surface area contributed by atoms with E-state index in [2.05, 4.69) is 72.6 Å². The van der Waals surface area contributed by atoms with Crippen molar-refractivity contribution in [1.29, 1.82) is 0 Å². The van der Waals surface area contributed by atoms with Gasteiger partial charge in [0.1, 0.15) is 0 Å². The van der Waals surface area contributed by atoms with E-state index in [4.69, 9.17) is 0 Å². The fourth-order valence-corrected chi connectivity index (χ4v) is 3.63. The van der Waals surface area contributed by atoms with Crippen LogP contribution in [0.15, 0.2) is 60.7 Å². The highest BCUT2D eigenvalue weighted by Crippen LogP contribution is 2.33. The maximum absolute atomic E-state index is 2.60. The molecule has 0 spiro atoms. The minimum atomic E-state index is 0.371. The highest BCUT2D eigenvalue weighted by molar-refractivity contribution is 5.31. The second-order valence-corrected chi connectivity index (χ2v) is 6.18. The Hall–Kier alpha value is -1.60. The Labute approximate surface area is 128 Å². The van der Waals surface area contributed by atoms with Gasteiger partial charge in [0.15, 0.2) is 0 Å². The first kappa shape index (κ1) is 14.3. The van der Waals surface area contributed by atoms with Crippen LogP contribution in [0, 0.1) is 0 Å². The Morgan fingerprint density at radius 2 is 1.24 bits per heavy atom. The molecule has 0 heterocycles. The zero-order valence-electron chi connectivity index (χ0n) is 12.9. The van der Waals surface area contributed by atoms with Crippen LogP contribution in [0.3, 0.4) is 0 Å². The number of benzene rings is 2. The monoisotopic (exact) mass is 279 g/mol. The summed E-state index contributed by atoms with van der Waals surface area (Å²) in [4.78, 5) is 2.60. The van der Waals surface area contributed by atoms with Gasteiger partial charge in [-0.05, 0) is 31.0 Å². The lowest BCUT2D eigenvalue weighted by molar-refractivity contribution is 0.157. The van der Waals surface area contributed by atoms with Gasteiger partial charge in [-0.3, -0.25) is 4.90 Å². The van der Waals surface area contributed by atoms with E-state index in [1.165, 1.54) is 43.2 Å². The van der Waals surface area contributed by atoms with E-state index in [-0.39, 0.29) is 0 Å². The van der Waals surface area contributed by atoms with Crippen LogP contribution >= 0.6 is 0 Å². The van der Waals surface area contributed by atoms with Crippen molar-refractivity contribution in [3.05, 3.63) is 71.8 Å². The molecule has 1 nitrogen and oxygen atoms in total. The zero-order valence-corrected chi connectivity index (χ0v) is 12.9. The summed E-state index contributed by atoms with van der Waals surface area (Å²) in [6, 6.07) is 22.9. The lowest BCUT2D eigenvalue weighted by Crippen LogP contribution is -2.37. The van der Waals surface area contributed by atoms with Gasteiger partial charge in [-0.15, -0.1) is 0 Å². The molecular formula is C20H25N. The van der Waals surface area contributed by atoms with Gasteiger partial charge in [-0.2, -0.15) is 0 Å². The first-order valence-corrected chi connectivity index (χ1v) is 8.18. The second-order valence-electron chi connectivity index (χ2n) is 6.18. The van der Waals surface area contributed by atoms with E-state index in [0.29, 0.717) is 12.1 Å². The van der Waals surface area contributed by atoms with Crippen LogP contribution < -0.4 is 0 Å². The molecule has 1 saturated carbocycles. The van der Waals surface area contributed by atoms with Crippen molar-refractivity contribution < 1.29 is 0 Å².